The van der Waals surface area contributed by atoms with Gasteiger partial charge < -0.3 is 5.32 Å². The molecule has 2 rings (SSSR count). The lowest BCUT2D eigenvalue weighted by atomic mass is 9.93. The van der Waals surface area contributed by atoms with Crippen molar-refractivity contribution in [1.82, 2.24) is 5.32 Å². The zero-order valence-corrected chi connectivity index (χ0v) is 12.4. The number of hydrogen-bond acceptors (Lipinski definition) is 1. The molecular formula is C18H22FN. The Morgan fingerprint density at radius 1 is 1.15 bits per heavy atom. The summed E-state index contributed by atoms with van der Waals surface area (Å²) in [5.74, 6) is -0.185. The van der Waals surface area contributed by atoms with Crippen molar-refractivity contribution in [2.24, 2.45) is 0 Å². The zero-order chi connectivity index (χ0) is 14.5. The summed E-state index contributed by atoms with van der Waals surface area (Å²) < 4.78 is 13.5. The van der Waals surface area contributed by atoms with Gasteiger partial charge in [0.05, 0.1) is 6.04 Å². The molecule has 0 bridgehead atoms. The van der Waals surface area contributed by atoms with Crippen LogP contribution in [0, 0.1) is 12.7 Å². The number of rotatable bonds is 5. The maximum absolute atomic E-state index is 13.5. The van der Waals surface area contributed by atoms with Gasteiger partial charge >= 0.3 is 0 Å². The Labute approximate surface area is 120 Å². The maximum Gasteiger partial charge on any atom is 0.123 e. The smallest absolute Gasteiger partial charge is 0.123 e. The van der Waals surface area contributed by atoms with Crippen LogP contribution in [0.15, 0.2) is 42.5 Å². The molecule has 106 valence electrons. The Morgan fingerprint density at radius 2 is 1.95 bits per heavy atom. The number of aryl methyl sites for hydroxylation is 2. The van der Waals surface area contributed by atoms with E-state index < -0.39 is 0 Å². The second-order valence-corrected chi connectivity index (χ2v) is 5.22. The summed E-state index contributed by atoms with van der Waals surface area (Å²) in [7, 11) is 1.92. The SMILES string of the molecule is CCCc1cccc(C(NC)c2cc(F)ccc2C)c1. The first kappa shape index (κ1) is 14.7. The molecule has 0 saturated carbocycles. The third-order valence-electron chi connectivity index (χ3n) is 3.66. The summed E-state index contributed by atoms with van der Waals surface area (Å²) in [5.41, 5.74) is 4.62. The number of halogens is 1. The van der Waals surface area contributed by atoms with Crippen molar-refractivity contribution in [3.05, 3.63) is 70.5 Å². The first-order chi connectivity index (χ1) is 9.65. The van der Waals surface area contributed by atoms with Gasteiger partial charge in [0.1, 0.15) is 5.82 Å². The highest BCUT2D eigenvalue weighted by atomic mass is 19.1. The second-order valence-electron chi connectivity index (χ2n) is 5.22. The van der Waals surface area contributed by atoms with E-state index in [0.29, 0.717) is 0 Å². The van der Waals surface area contributed by atoms with E-state index in [2.05, 4.69) is 36.5 Å². The molecule has 1 nitrogen and oxygen atoms in total. The molecule has 20 heavy (non-hydrogen) atoms. The molecule has 2 aromatic carbocycles. The van der Waals surface area contributed by atoms with Crippen LogP contribution >= 0.6 is 0 Å². The summed E-state index contributed by atoms with van der Waals surface area (Å²) in [5, 5.41) is 3.31. The van der Waals surface area contributed by atoms with E-state index in [9.17, 15) is 4.39 Å². The van der Waals surface area contributed by atoms with Crippen LogP contribution < -0.4 is 5.32 Å². The molecule has 2 heteroatoms. The number of nitrogens with one attached hydrogen (secondary N) is 1. The molecule has 0 fully saturated rings. The van der Waals surface area contributed by atoms with Crippen molar-refractivity contribution in [2.75, 3.05) is 7.05 Å². The Balaban J connectivity index is 2.41. The fourth-order valence-electron chi connectivity index (χ4n) is 2.64. The molecule has 0 spiro atoms. The first-order valence-electron chi connectivity index (χ1n) is 7.18. The van der Waals surface area contributed by atoms with Crippen LogP contribution in [0.1, 0.15) is 41.6 Å². The van der Waals surface area contributed by atoms with Crippen LogP contribution in [-0.2, 0) is 6.42 Å². The minimum absolute atomic E-state index is 0.0301. The van der Waals surface area contributed by atoms with Crippen molar-refractivity contribution < 1.29 is 4.39 Å². The molecule has 0 aliphatic carbocycles. The van der Waals surface area contributed by atoms with Crippen molar-refractivity contribution in [3.63, 3.8) is 0 Å². The van der Waals surface area contributed by atoms with Gasteiger partial charge in [-0.25, -0.2) is 4.39 Å². The topological polar surface area (TPSA) is 12.0 Å². The Kier molecular flexibility index (Phi) is 4.91. The van der Waals surface area contributed by atoms with Gasteiger partial charge in [0.2, 0.25) is 0 Å². The zero-order valence-electron chi connectivity index (χ0n) is 12.4. The van der Waals surface area contributed by atoms with E-state index in [4.69, 9.17) is 0 Å². The Morgan fingerprint density at radius 3 is 2.65 bits per heavy atom. The van der Waals surface area contributed by atoms with Crippen molar-refractivity contribution in [1.29, 1.82) is 0 Å². The van der Waals surface area contributed by atoms with Gasteiger partial charge in [-0.15, -0.1) is 0 Å². The molecule has 0 radical (unpaired) electrons. The quantitative estimate of drug-likeness (QED) is 0.850. The van der Waals surface area contributed by atoms with Crippen molar-refractivity contribution >= 4 is 0 Å². The van der Waals surface area contributed by atoms with Crippen LogP contribution in [0.3, 0.4) is 0 Å². The van der Waals surface area contributed by atoms with E-state index in [-0.39, 0.29) is 11.9 Å². The van der Waals surface area contributed by atoms with Crippen LogP contribution in [0.4, 0.5) is 4.39 Å². The van der Waals surface area contributed by atoms with Gasteiger partial charge in [-0.1, -0.05) is 43.7 Å². The third kappa shape index (κ3) is 3.26. The molecular weight excluding hydrogens is 249 g/mol. The summed E-state index contributed by atoms with van der Waals surface area (Å²) >= 11 is 0. The summed E-state index contributed by atoms with van der Waals surface area (Å²) in [6.45, 7) is 4.20. The highest BCUT2D eigenvalue weighted by Crippen LogP contribution is 2.26. The monoisotopic (exact) mass is 271 g/mol. The lowest BCUT2D eigenvalue weighted by Crippen LogP contribution is -2.19. The van der Waals surface area contributed by atoms with Gasteiger partial charge in [0.25, 0.3) is 0 Å². The molecule has 0 aliphatic rings. The van der Waals surface area contributed by atoms with E-state index in [1.807, 2.05) is 20.0 Å². The van der Waals surface area contributed by atoms with Gasteiger partial charge in [-0.3, -0.25) is 0 Å². The van der Waals surface area contributed by atoms with E-state index >= 15 is 0 Å². The summed E-state index contributed by atoms with van der Waals surface area (Å²) in [6.07, 6.45) is 2.21. The predicted molar refractivity (Wildman–Crippen MR) is 82.5 cm³/mol. The third-order valence-corrected chi connectivity index (χ3v) is 3.66. The van der Waals surface area contributed by atoms with E-state index in [0.717, 1.165) is 24.0 Å². The average Bonchev–Trinajstić information content (AvgIpc) is 2.44. The normalized spacial score (nSPS) is 12.4. The fourth-order valence-corrected chi connectivity index (χ4v) is 2.64. The van der Waals surface area contributed by atoms with Crippen molar-refractivity contribution in [2.45, 2.75) is 32.7 Å². The minimum Gasteiger partial charge on any atom is -0.309 e. The maximum atomic E-state index is 13.5. The minimum atomic E-state index is -0.185. The molecule has 1 unspecified atom stereocenters. The number of benzene rings is 2. The fraction of sp³-hybridized carbons (Fsp3) is 0.333. The van der Waals surface area contributed by atoms with Crippen LogP contribution in [0.5, 0.6) is 0 Å². The predicted octanol–water partition coefficient (Wildman–Crippen LogP) is 4.40. The second kappa shape index (κ2) is 6.67. The largest absolute Gasteiger partial charge is 0.309 e. The van der Waals surface area contributed by atoms with E-state index in [1.165, 1.54) is 17.2 Å². The molecule has 0 amide bonds. The van der Waals surface area contributed by atoms with Gasteiger partial charge in [-0.05, 0) is 54.8 Å². The van der Waals surface area contributed by atoms with Gasteiger partial charge in [0.15, 0.2) is 0 Å². The number of hydrogen-bond donors (Lipinski definition) is 1. The van der Waals surface area contributed by atoms with E-state index in [1.54, 1.807) is 6.07 Å². The first-order valence-corrected chi connectivity index (χ1v) is 7.18. The Hall–Kier alpha value is -1.67. The molecule has 1 atom stereocenters. The lowest BCUT2D eigenvalue weighted by Gasteiger charge is -2.20. The average molecular weight is 271 g/mol. The van der Waals surface area contributed by atoms with Crippen LogP contribution in [0.25, 0.3) is 0 Å². The molecule has 0 aromatic heterocycles. The van der Waals surface area contributed by atoms with Crippen LogP contribution in [0.2, 0.25) is 0 Å². The van der Waals surface area contributed by atoms with Gasteiger partial charge in [-0.2, -0.15) is 0 Å². The Bertz CT molecular complexity index is 577. The highest BCUT2D eigenvalue weighted by Gasteiger charge is 2.15. The van der Waals surface area contributed by atoms with Crippen LogP contribution in [-0.4, -0.2) is 7.05 Å². The lowest BCUT2D eigenvalue weighted by molar-refractivity contribution is 0.615. The van der Waals surface area contributed by atoms with Crippen molar-refractivity contribution in [3.8, 4) is 0 Å². The molecule has 0 aliphatic heterocycles. The summed E-state index contributed by atoms with van der Waals surface area (Å²) in [6, 6.07) is 13.6. The molecule has 0 heterocycles. The molecule has 2 aromatic rings. The summed E-state index contributed by atoms with van der Waals surface area (Å²) in [4.78, 5) is 0. The van der Waals surface area contributed by atoms with Gasteiger partial charge in [0, 0.05) is 0 Å². The highest BCUT2D eigenvalue weighted by molar-refractivity contribution is 5.38. The molecule has 1 N–H and O–H groups in total. The standard InChI is InChI=1S/C18H22FN/c1-4-6-14-7-5-8-15(11-14)18(20-3)17-12-16(19)10-9-13(17)2/h5,7-12,18,20H,4,6H2,1-3H3. The molecule has 0 saturated heterocycles.